The molecule has 1 fully saturated rings. The number of alkyl halides is 6. The van der Waals surface area contributed by atoms with E-state index in [1.165, 1.54) is 18.2 Å². The molecule has 1 N–H and O–H groups in total. The van der Waals surface area contributed by atoms with Crippen LogP contribution in [0.5, 0.6) is 0 Å². The van der Waals surface area contributed by atoms with Crippen molar-refractivity contribution < 1.29 is 31.1 Å². The van der Waals surface area contributed by atoms with Gasteiger partial charge in [0.1, 0.15) is 11.2 Å². The summed E-state index contributed by atoms with van der Waals surface area (Å²) in [4.78, 5) is 16.6. The van der Waals surface area contributed by atoms with E-state index in [0.29, 0.717) is 6.07 Å². The van der Waals surface area contributed by atoms with Gasteiger partial charge in [0.25, 0.3) is 0 Å². The summed E-state index contributed by atoms with van der Waals surface area (Å²) in [5.41, 5.74) is -3.89. The summed E-state index contributed by atoms with van der Waals surface area (Å²) >= 11 is 11.8. The first kappa shape index (κ1) is 25.4. The van der Waals surface area contributed by atoms with Crippen molar-refractivity contribution in [3.63, 3.8) is 0 Å². The van der Waals surface area contributed by atoms with E-state index in [-0.39, 0.29) is 40.0 Å². The van der Waals surface area contributed by atoms with Crippen molar-refractivity contribution in [3.8, 4) is 0 Å². The Bertz CT molecular complexity index is 1020. The zero-order valence-electron chi connectivity index (χ0n) is 17.2. The Balaban J connectivity index is 1.98. The maximum absolute atomic E-state index is 14.2. The van der Waals surface area contributed by atoms with Crippen molar-refractivity contribution >= 4 is 34.9 Å². The summed E-state index contributed by atoms with van der Waals surface area (Å²) in [6.07, 6.45) is -8.89. The van der Waals surface area contributed by atoms with Gasteiger partial charge in [0.05, 0.1) is 5.56 Å². The molecule has 1 aromatic heterocycles. The van der Waals surface area contributed by atoms with Crippen LogP contribution >= 0.6 is 23.2 Å². The number of halogens is 8. The highest BCUT2D eigenvalue weighted by Gasteiger charge is 2.59. The van der Waals surface area contributed by atoms with E-state index in [1.807, 2.05) is 0 Å². The number of pyridine rings is 1. The molecule has 180 valence electrons. The first-order valence-corrected chi connectivity index (χ1v) is 10.6. The van der Waals surface area contributed by atoms with Crippen LogP contribution in [0.25, 0.3) is 0 Å². The quantitative estimate of drug-likeness (QED) is 0.488. The molecule has 0 radical (unpaired) electrons. The molecule has 2 aromatic rings. The molecule has 1 atom stereocenters. The van der Waals surface area contributed by atoms with Crippen molar-refractivity contribution in [2.45, 2.75) is 44.1 Å². The fraction of sp³-hybridized carbons (Fsp3) is 0.429. The maximum atomic E-state index is 14.2. The predicted octanol–water partition coefficient (Wildman–Crippen LogP) is 6.14. The smallest absolute Gasteiger partial charge is 0.355 e. The number of nitrogens with one attached hydrogen (secondary N) is 1. The summed E-state index contributed by atoms with van der Waals surface area (Å²) in [6.45, 7) is 0.320. The highest BCUT2D eigenvalue weighted by atomic mass is 35.5. The van der Waals surface area contributed by atoms with Gasteiger partial charge in [-0.1, -0.05) is 30.1 Å². The summed E-state index contributed by atoms with van der Waals surface area (Å²) in [6, 6.07) is 4.35. The minimum atomic E-state index is -4.79. The first-order chi connectivity index (χ1) is 15.3. The second-order valence-electron chi connectivity index (χ2n) is 7.74. The van der Waals surface area contributed by atoms with Crippen LogP contribution in [0.2, 0.25) is 10.0 Å². The normalized spacial score (nSPS) is 19.1. The van der Waals surface area contributed by atoms with Gasteiger partial charge >= 0.3 is 12.4 Å². The average Bonchev–Trinajstić information content (AvgIpc) is 3.17. The molecule has 12 heteroatoms. The van der Waals surface area contributed by atoms with Gasteiger partial charge in [-0.2, -0.15) is 26.3 Å². The van der Waals surface area contributed by atoms with Crippen LogP contribution in [0.4, 0.5) is 32.2 Å². The lowest BCUT2D eigenvalue weighted by atomic mass is 9.79. The molecule has 0 bridgehead atoms. The fourth-order valence-electron chi connectivity index (χ4n) is 3.84. The summed E-state index contributed by atoms with van der Waals surface area (Å²) in [5, 5.41) is 2.40. The van der Waals surface area contributed by atoms with Gasteiger partial charge in [0, 0.05) is 47.9 Å². The number of nitrogens with zero attached hydrogens (tertiary/aromatic N) is 2. The van der Waals surface area contributed by atoms with Crippen molar-refractivity contribution in [1.82, 2.24) is 10.3 Å². The van der Waals surface area contributed by atoms with Gasteiger partial charge in [-0.25, -0.2) is 4.98 Å². The molecule has 1 saturated heterocycles. The van der Waals surface area contributed by atoms with E-state index >= 15 is 0 Å². The standard InChI is InChI=1S/C21H19Cl2F6N3O/c1-2-18(33)31-10-12-9-30-17(8-16(12)20(24,25)26)32-4-3-19(11-32,21(27,28)29)13-5-14(22)7-15(23)6-13/h5-9H,2-4,10-11H2,1H3,(H,31,33). The van der Waals surface area contributed by atoms with E-state index in [9.17, 15) is 31.1 Å². The van der Waals surface area contributed by atoms with Crippen LogP contribution in [-0.2, 0) is 22.9 Å². The third-order valence-corrected chi connectivity index (χ3v) is 6.06. The lowest BCUT2D eigenvalue weighted by Crippen LogP contribution is -2.45. The van der Waals surface area contributed by atoms with Crippen LogP contribution in [0.1, 0.15) is 36.5 Å². The van der Waals surface area contributed by atoms with Gasteiger partial charge in [-0.15, -0.1) is 0 Å². The summed E-state index contributed by atoms with van der Waals surface area (Å²) < 4.78 is 83.7. The van der Waals surface area contributed by atoms with E-state index in [0.717, 1.165) is 11.1 Å². The van der Waals surface area contributed by atoms with Gasteiger partial charge in [0.15, 0.2) is 0 Å². The van der Waals surface area contributed by atoms with Crippen LogP contribution in [-0.4, -0.2) is 30.2 Å². The number of amides is 1. The highest BCUT2D eigenvalue weighted by Crippen LogP contribution is 2.49. The Morgan fingerprint density at radius 3 is 2.30 bits per heavy atom. The third-order valence-electron chi connectivity index (χ3n) is 5.63. The second kappa shape index (κ2) is 9.21. The van der Waals surface area contributed by atoms with Crippen LogP contribution < -0.4 is 10.2 Å². The van der Waals surface area contributed by atoms with Crippen molar-refractivity contribution in [3.05, 3.63) is 57.2 Å². The minimum absolute atomic E-state index is 0.0236. The topological polar surface area (TPSA) is 45.2 Å². The maximum Gasteiger partial charge on any atom is 0.416 e. The number of rotatable bonds is 5. The molecule has 4 nitrogen and oxygen atoms in total. The Morgan fingerprint density at radius 1 is 1.12 bits per heavy atom. The Hall–Kier alpha value is -2.20. The summed E-state index contributed by atoms with van der Waals surface area (Å²) in [5.74, 6) is -0.686. The zero-order chi connectivity index (χ0) is 24.6. The second-order valence-corrected chi connectivity index (χ2v) is 8.61. The average molecular weight is 514 g/mol. The lowest BCUT2D eigenvalue weighted by Gasteiger charge is -2.33. The lowest BCUT2D eigenvalue weighted by molar-refractivity contribution is -0.184. The Labute approximate surface area is 195 Å². The number of aromatic nitrogens is 1. The number of hydrogen-bond acceptors (Lipinski definition) is 3. The van der Waals surface area contributed by atoms with Crippen LogP contribution in [0.3, 0.4) is 0 Å². The fourth-order valence-corrected chi connectivity index (χ4v) is 4.36. The van der Waals surface area contributed by atoms with Crippen molar-refractivity contribution in [1.29, 1.82) is 0 Å². The number of carbonyl (C=O) groups excluding carboxylic acids is 1. The van der Waals surface area contributed by atoms with Crippen LogP contribution in [0, 0.1) is 0 Å². The Kier molecular flexibility index (Phi) is 7.10. The third kappa shape index (κ3) is 5.32. The predicted molar refractivity (Wildman–Crippen MR) is 112 cm³/mol. The molecule has 1 aliphatic rings. The van der Waals surface area contributed by atoms with Crippen molar-refractivity contribution in [2.75, 3.05) is 18.0 Å². The number of benzene rings is 1. The number of hydrogen-bond donors (Lipinski definition) is 1. The minimum Gasteiger partial charge on any atom is -0.355 e. The molecule has 2 heterocycles. The molecular weight excluding hydrogens is 495 g/mol. The van der Waals surface area contributed by atoms with Gasteiger partial charge < -0.3 is 10.2 Å². The van der Waals surface area contributed by atoms with E-state index in [4.69, 9.17) is 23.2 Å². The van der Waals surface area contributed by atoms with Gasteiger partial charge in [-0.3, -0.25) is 4.79 Å². The SMILES string of the molecule is CCC(=O)NCc1cnc(N2CCC(c3cc(Cl)cc(Cl)c3)(C(F)(F)F)C2)cc1C(F)(F)F. The molecule has 0 aliphatic carbocycles. The molecule has 33 heavy (non-hydrogen) atoms. The monoisotopic (exact) mass is 513 g/mol. The molecule has 0 saturated carbocycles. The van der Waals surface area contributed by atoms with E-state index in [2.05, 4.69) is 10.3 Å². The molecule has 1 unspecified atom stereocenters. The largest absolute Gasteiger partial charge is 0.416 e. The molecular formula is C21H19Cl2F6N3O. The number of carbonyl (C=O) groups is 1. The highest BCUT2D eigenvalue weighted by molar-refractivity contribution is 6.34. The van der Waals surface area contributed by atoms with Crippen LogP contribution in [0.15, 0.2) is 30.5 Å². The zero-order valence-corrected chi connectivity index (χ0v) is 18.8. The van der Waals surface area contributed by atoms with Gasteiger partial charge in [0.2, 0.25) is 5.91 Å². The summed E-state index contributed by atoms with van der Waals surface area (Å²) in [7, 11) is 0. The first-order valence-electron chi connectivity index (χ1n) is 9.88. The van der Waals surface area contributed by atoms with Gasteiger partial charge in [-0.05, 0) is 36.2 Å². The molecule has 1 aliphatic heterocycles. The van der Waals surface area contributed by atoms with E-state index in [1.54, 1.807) is 6.92 Å². The molecule has 0 spiro atoms. The van der Waals surface area contributed by atoms with Crippen molar-refractivity contribution in [2.24, 2.45) is 0 Å². The number of anilines is 1. The molecule has 1 aromatic carbocycles. The van der Waals surface area contributed by atoms with E-state index < -0.39 is 48.7 Å². The molecule has 3 rings (SSSR count). The molecule has 1 amide bonds. The Morgan fingerprint density at radius 2 is 1.76 bits per heavy atom.